The van der Waals surface area contributed by atoms with E-state index in [1.165, 1.54) is 18.9 Å². The molecule has 0 radical (unpaired) electrons. The van der Waals surface area contributed by atoms with Gasteiger partial charge < -0.3 is 14.8 Å². The van der Waals surface area contributed by atoms with Gasteiger partial charge in [-0.15, -0.1) is 21.5 Å². The van der Waals surface area contributed by atoms with E-state index in [1.807, 2.05) is 61.1 Å². The van der Waals surface area contributed by atoms with E-state index in [9.17, 15) is 9.59 Å². The highest BCUT2D eigenvalue weighted by Gasteiger charge is 2.34. The highest BCUT2D eigenvalue weighted by molar-refractivity contribution is 7.99. The van der Waals surface area contributed by atoms with Crippen LogP contribution in [0.1, 0.15) is 55.8 Å². The number of amides is 2. The third-order valence-corrected chi connectivity index (χ3v) is 10.2. The Hall–Kier alpha value is -4.94. The van der Waals surface area contributed by atoms with E-state index in [1.54, 1.807) is 41.7 Å². The van der Waals surface area contributed by atoms with Crippen molar-refractivity contribution in [2.45, 2.75) is 44.9 Å². The molecule has 12 heteroatoms. The predicted octanol–water partition coefficient (Wildman–Crippen LogP) is 6.67. The lowest BCUT2D eigenvalue weighted by Gasteiger charge is -2.22. The molecule has 3 heterocycles. The van der Waals surface area contributed by atoms with Crippen LogP contribution in [0, 0.1) is 20.8 Å². The highest BCUT2D eigenvalue weighted by atomic mass is 32.2. The summed E-state index contributed by atoms with van der Waals surface area (Å²) in [7, 11) is 3.07. The average Bonchev–Trinajstić information content (AvgIpc) is 3.88. The molecule has 0 saturated carbocycles. The number of hydrazone groups is 1. The van der Waals surface area contributed by atoms with Crippen LogP contribution in [-0.2, 0) is 11.3 Å². The van der Waals surface area contributed by atoms with E-state index in [0.717, 1.165) is 38.5 Å². The Morgan fingerprint density at radius 2 is 1.75 bits per heavy atom. The molecule has 0 unspecified atom stereocenters. The van der Waals surface area contributed by atoms with Gasteiger partial charge in [-0.05, 0) is 73.2 Å². The van der Waals surface area contributed by atoms with Crippen molar-refractivity contribution < 1.29 is 19.1 Å². The van der Waals surface area contributed by atoms with Gasteiger partial charge in [-0.2, -0.15) is 5.10 Å². The summed E-state index contributed by atoms with van der Waals surface area (Å²) in [5.74, 6) is 1.20. The number of carbonyl (C=O) groups is 2. The summed E-state index contributed by atoms with van der Waals surface area (Å²) in [4.78, 5) is 28.1. The second kappa shape index (κ2) is 14.4. The number of carbonyl (C=O) groups excluding carboxylic acids is 2. The van der Waals surface area contributed by atoms with Crippen LogP contribution >= 0.6 is 23.1 Å². The smallest absolute Gasteiger partial charge is 0.253 e. The Labute approximate surface area is 287 Å². The summed E-state index contributed by atoms with van der Waals surface area (Å²) >= 11 is 2.92. The van der Waals surface area contributed by atoms with Crippen LogP contribution in [0.3, 0.4) is 0 Å². The minimum Gasteiger partial charge on any atom is -0.493 e. The molecule has 10 nitrogen and oxygen atoms in total. The molecule has 5 aromatic rings. The number of ether oxygens (including phenoxy) is 2. The van der Waals surface area contributed by atoms with Gasteiger partial charge in [0.15, 0.2) is 22.5 Å². The largest absolute Gasteiger partial charge is 0.493 e. The fourth-order valence-electron chi connectivity index (χ4n) is 5.54. The number of nitrogens with zero attached hydrogens (tertiary/aromatic N) is 5. The highest BCUT2D eigenvalue weighted by Crippen LogP contribution is 2.35. The summed E-state index contributed by atoms with van der Waals surface area (Å²) in [5.41, 5.74) is 6.54. The number of benzene rings is 3. The van der Waals surface area contributed by atoms with Crippen molar-refractivity contribution in [3.05, 3.63) is 117 Å². The molecule has 246 valence electrons. The zero-order chi connectivity index (χ0) is 33.8. The minimum absolute atomic E-state index is 0.102. The van der Waals surface area contributed by atoms with Crippen molar-refractivity contribution in [2.24, 2.45) is 5.10 Å². The number of hydrogen-bond acceptors (Lipinski definition) is 9. The number of methoxy groups -OCH3 is 2. The number of aryl methyl sites for hydroxylation is 2. The molecule has 48 heavy (non-hydrogen) atoms. The van der Waals surface area contributed by atoms with Crippen molar-refractivity contribution in [2.75, 3.05) is 20.0 Å². The fraction of sp³-hybridized carbons (Fsp3) is 0.250. The first kappa shape index (κ1) is 33.0. The first-order valence-electron chi connectivity index (χ1n) is 15.4. The maximum atomic E-state index is 13.9. The lowest BCUT2D eigenvalue weighted by atomic mass is 10.00. The first-order valence-corrected chi connectivity index (χ1v) is 17.3. The average molecular weight is 681 g/mol. The topological polar surface area (TPSA) is 111 Å². The molecule has 3 aromatic carbocycles. The van der Waals surface area contributed by atoms with Gasteiger partial charge in [0.25, 0.3) is 11.8 Å². The molecule has 0 aliphatic carbocycles. The van der Waals surface area contributed by atoms with Crippen LogP contribution in [0.5, 0.6) is 11.5 Å². The van der Waals surface area contributed by atoms with E-state index >= 15 is 0 Å². The Balaban J connectivity index is 1.25. The third kappa shape index (κ3) is 6.85. The quantitative estimate of drug-likeness (QED) is 0.155. The maximum Gasteiger partial charge on any atom is 0.253 e. The Kier molecular flexibility index (Phi) is 9.93. The third-order valence-electron chi connectivity index (χ3n) is 8.33. The summed E-state index contributed by atoms with van der Waals surface area (Å²) in [6.07, 6.45) is 0.641. The molecule has 2 aromatic heterocycles. The second-order valence-corrected chi connectivity index (χ2v) is 13.3. The molecule has 1 aliphatic rings. The number of hydrogen-bond donors (Lipinski definition) is 1. The van der Waals surface area contributed by atoms with Crippen LogP contribution in [0.2, 0.25) is 0 Å². The summed E-state index contributed by atoms with van der Waals surface area (Å²) in [6, 6.07) is 23.1. The molecular weight excluding hydrogens is 645 g/mol. The van der Waals surface area contributed by atoms with Gasteiger partial charge in [0.2, 0.25) is 0 Å². The SMILES string of the molecule is COc1ccc(C(=O)NCc2nnc(SCC(=O)N3N=C(c4cccs4)C[C@H]3c3ccc(C)cc3)n2-c2cccc(C)c2C)cc1OC. The van der Waals surface area contributed by atoms with Crippen molar-refractivity contribution in [1.29, 1.82) is 0 Å². The molecule has 0 saturated heterocycles. The Morgan fingerprint density at radius 3 is 2.48 bits per heavy atom. The second-order valence-electron chi connectivity index (χ2n) is 11.4. The van der Waals surface area contributed by atoms with Gasteiger partial charge in [0.05, 0.1) is 48.8 Å². The fourth-order valence-corrected chi connectivity index (χ4v) is 7.08. The molecule has 1 atom stereocenters. The van der Waals surface area contributed by atoms with Crippen molar-refractivity contribution in [3.8, 4) is 17.2 Å². The van der Waals surface area contributed by atoms with Crippen LogP contribution in [0.4, 0.5) is 0 Å². The molecule has 1 N–H and O–H groups in total. The summed E-state index contributed by atoms with van der Waals surface area (Å²) in [6.45, 7) is 6.24. The minimum atomic E-state index is -0.300. The van der Waals surface area contributed by atoms with Gasteiger partial charge in [0.1, 0.15) is 0 Å². The molecule has 6 rings (SSSR count). The molecule has 2 amide bonds. The molecule has 0 spiro atoms. The van der Waals surface area contributed by atoms with Crippen LogP contribution < -0.4 is 14.8 Å². The van der Waals surface area contributed by atoms with Crippen molar-refractivity contribution in [3.63, 3.8) is 0 Å². The van der Waals surface area contributed by atoms with Gasteiger partial charge in [-0.3, -0.25) is 14.2 Å². The standard InChI is InChI=1S/C36H36N6O4S2/c1-22-11-13-25(14-12-22)29-19-27(32-10-7-17-47-32)40-42(29)34(43)21-48-36-39-38-33(41(36)28-9-6-8-23(2)24(28)3)20-37-35(44)26-15-16-30(45-4)31(18-26)46-5/h6-18,29H,19-21H2,1-5H3,(H,37,44)/t29-/m0/s1. The van der Waals surface area contributed by atoms with E-state index in [4.69, 9.17) is 14.6 Å². The number of nitrogens with one attached hydrogen (secondary N) is 1. The van der Waals surface area contributed by atoms with Crippen molar-refractivity contribution in [1.82, 2.24) is 25.1 Å². The lowest BCUT2D eigenvalue weighted by Crippen LogP contribution is -2.28. The Morgan fingerprint density at radius 1 is 0.958 bits per heavy atom. The maximum absolute atomic E-state index is 13.9. The molecule has 1 aliphatic heterocycles. The normalized spacial score (nSPS) is 14.1. The van der Waals surface area contributed by atoms with E-state index in [-0.39, 0.29) is 30.2 Å². The lowest BCUT2D eigenvalue weighted by molar-refractivity contribution is -0.130. The number of thiophene rings is 1. The van der Waals surface area contributed by atoms with Gasteiger partial charge in [-0.25, -0.2) is 5.01 Å². The van der Waals surface area contributed by atoms with Gasteiger partial charge in [0, 0.05) is 12.0 Å². The predicted molar refractivity (Wildman–Crippen MR) is 189 cm³/mol. The molecular formula is C36H36N6O4S2. The van der Waals surface area contributed by atoms with E-state index in [2.05, 4.69) is 39.8 Å². The van der Waals surface area contributed by atoms with Gasteiger partial charge >= 0.3 is 0 Å². The zero-order valence-electron chi connectivity index (χ0n) is 27.4. The first-order chi connectivity index (χ1) is 23.3. The Bertz CT molecular complexity index is 1970. The van der Waals surface area contributed by atoms with Gasteiger partial charge in [-0.1, -0.05) is 59.8 Å². The molecule has 0 fully saturated rings. The zero-order valence-corrected chi connectivity index (χ0v) is 29.0. The van der Waals surface area contributed by atoms with E-state index < -0.39 is 0 Å². The van der Waals surface area contributed by atoms with Crippen molar-refractivity contribution >= 4 is 40.6 Å². The van der Waals surface area contributed by atoms with Crippen LogP contribution in [-0.4, -0.2) is 57.3 Å². The van der Waals surface area contributed by atoms with E-state index in [0.29, 0.717) is 34.5 Å². The number of rotatable bonds is 11. The number of aromatic nitrogens is 3. The van der Waals surface area contributed by atoms with Crippen LogP contribution in [0.15, 0.2) is 88.4 Å². The number of thioether (sulfide) groups is 1. The molecule has 0 bridgehead atoms. The summed E-state index contributed by atoms with van der Waals surface area (Å²) < 4.78 is 12.6. The monoisotopic (exact) mass is 680 g/mol. The summed E-state index contributed by atoms with van der Waals surface area (Å²) in [5, 5.41) is 20.9. The van der Waals surface area contributed by atoms with Crippen LogP contribution in [0.25, 0.3) is 5.69 Å².